The Morgan fingerprint density at radius 3 is 2.57 bits per heavy atom. The number of aliphatic hydroxyl groups is 1. The maximum absolute atomic E-state index is 11.0. The first-order valence-electron chi connectivity index (χ1n) is 9.71. The van der Waals surface area contributed by atoms with Gasteiger partial charge < -0.3 is 24.6 Å². The SMILES string of the molecule is CCOC(CNC1c2cc3nc(Cl)cc(C)c3cc2OC(C)(C)C1O)OCC. The van der Waals surface area contributed by atoms with Crippen LogP contribution in [0.15, 0.2) is 18.2 Å². The molecule has 1 aliphatic heterocycles. The molecule has 1 aromatic heterocycles. The second kappa shape index (κ2) is 8.51. The van der Waals surface area contributed by atoms with E-state index in [1.807, 2.05) is 52.8 Å². The zero-order valence-corrected chi connectivity index (χ0v) is 17.8. The highest BCUT2D eigenvalue weighted by Gasteiger charge is 2.43. The fourth-order valence-corrected chi connectivity index (χ4v) is 3.88. The predicted molar refractivity (Wildman–Crippen MR) is 110 cm³/mol. The molecule has 2 heterocycles. The van der Waals surface area contributed by atoms with E-state index in [2.05, 4.69) is 10.3 Å². The van der Waals surface area contributed by atoms with E-state index in [0.717, 1.165) is 27.8 Å². The molecule has 6 nitrogen and oxygen atoms in total. The van der Waals surface area contributed by atoms with Crippen molar-refractivity contribution in [3.63, 3.8) is 0 Å². The normalized spacial score (nSPS) is 21.0. The number of hydrogen-bond donors (Lipinski definition) is 2. The van der Waals surface area contributed by atoms with Crippen LogP contribution in [0.1, 0.15) is 44.9 Å². The predicted octanol–water partition coefficient (Wildman–Crippen LogP) is 3.76. The number of rotatable bonds is 7. The summed E-state index contributed by atoms with van der Waals surface area (Å²) in [6.45, 7) is 11.2. The molecule has 0 fully saturated rings. The highest BCUT2D eigenvalue weighted by atomic mass is 35.5. The van der Waals surface area contributed by atoms with Crippen molar-refractivity contribution < 1.29 is 19.3 Å². The van der Waals surface area contributed by atoms with E-state index < -0.39 is 11.7 Å². The van der Waals surface area contributed by atoms with Crippen LogP contribution in [0, 0.1) is 6.92 Å². The van der Waals surface area contributed by atoms with Gasteiger partial charge in [-0.3, -0.25) is 0 Å². The molecule has 0 spiro atoms. The van der Waals surface area contributed by atoms with E-state index in [-0.39, 0.29) is 12.3 Å². The minimum atomic E-state index is -0.762. The average molecular weight is 409 g/mol. The van der Waals surface area contributed by atoms with Crippen molar-refractivity contribution in [3.8, 4) is 5.75 Å². The monoisotopic (exact) mass is 408 g/mol. The lowest BCUT2D eigenvalue weighted by molar-refractivity contribution is -0.138. The fraction of sp³-hybridized carbons (Fsp3) is 0.571. The molecule has 2 N–H and O–H groups in total. The highest BCUT2D eigenvalue weighted by Crippen LogP contribution is 2.42. The Balaban J connectivity index is 1.99. The number of halogens is 1. The smallest absolute Gasteiger partial charge is 0.169 e. The number of nitrogens with zero attached hydrogens (tertiary/aromatic N) is 1. The highest BCUT2D eigenvalue weighted by molar-refractivity contribution is 6.29. The Morgan fingerprint density at radius 2 is 1.93 bits per heavy atom. The van der Waals surface area contributed by atoms with Gasteiger partial charge in [-0.15, -0.1) is 0 Å². The molecular weight excluding hydrogens is 380 g/mol. The summed E-state index contributed by atoms with van der Waals surface area (Å²) >= 11 is 6.15. The first-order valence-corrected chi connectivity index (χ1v) is 10.1. The van der Waals surface area contributed by atoms with Crippen molar-refractivity contribution in [2.45, 2.75) is 58.7 Å². The molecule has 0 bridgehead atoms. The average Bonchev–Trinajstić information content (AvgIpc) is 2.61. The molecule has 7 heteroatoms. The van der Waals surface area contributed by atoms with Crippen LogP contribution in [0.5, 0.6) is 5.75 Å². The van der Waals surface area contributed by atoms with Crippen molar-refractivity contribution in [1.29, 1.82) is 0 Å². The van der Waals surface area contributed by atoms with Crippen LogP contribution in [0.4, 0.5) is 0 Å². The summed E-state index contributed by atoms with van der Waals surface area (Å²) in [5, 5.41) is 15.8. The van der Waals surface area contributed by atoms with Gasteiger partial charge in [0.25, 0.3) is 0 Å². The van der Waals surface area contributed by atoms with Crippen LogP contribution in [0.3, 0.4) is 0 Å². The zero-order valence-electron chi connectivity index (χ0n) is 17.1. The second-order valence-corrected chi connectivity index (χ2v) is 7.93. The fourth-order valence-electron chi connectivity index (χ4n) is 3.63. The number of benzene rings is 1. The Hall–Kier alpha value is -1.44. The van der Waals surface area contributed by atoms with Gasteiger partial charge in [0, 0.05) is 30.7 Å². The van der Waals surface area contributed by atoms with E-state index in [1.165, 1.54) is 0 Å². The standard InChI is InChI=1S/C21H29ClN2O4/c1-6-26-18(27-7-2)11-23-19-14-9-15-13(12(3)8-17(22)24-15)10-16(14)28-21(4,5)20(19)25/h8-10,18-20,23,25H,6-7,11H2,1-5H3. The molecular formula is C21H29ClN2O4. The van der Waals surface area contributed by atoms with E-state index >= 15 is 0 Å². The largest absolute Gasteiger partial charge is 0.485 e. The number of aromatic nitrogens is 1. The van der Waals surface area contributed by atoms with E-state index in [0.29, 0.717) is 24.9 Å². The van der Waals surface area contributed by atoms with E-state index in [4.69, 9.17) is 25.8 Å². The molecule has 0 amide bonds. The van der Waals surface area contributed by atoms with Gasteiger partial charge >= 0.3 is 0 Å². The number of nitrogens with one attached hydrogen (secondary N) is 1. The number of pyridine rings is 1. The van der Waals surface area contributed by atoms with Gasteiger partial charge in [-0.25, -0.2) is 4.98 Å². The molecule has 3 rings (SSSR count). The first kappa shape index (κ1) is 21.3. The summed E-state index contributed by atoms with van der Waals surface area (Å²) in [5.41, 5.74) is 1.90. The third kappa shape index (κ3) is 4.26. The van der Waals surface area contributed by atoms with Crippen LogP contribution in [-0.2, 0) is 9.47 Å². The van der Waals surface area contributed by atoms with Gasteiger partial charge in [-0.2, -0.15) is 0 Å². The lowest BCUT2D eigenvalue weighted by atomic mass is 9.85. The quantitative estimate of drug-likeness (QED) is 0.537. The van der Waals surface area contributed by atoms with Crippen LogP contribution >= 0.6 is 11.6 Å². The Labute approximate surface area is 171 Å². The zero-order chi connectivity index (χ0) is 20.5. The van der Waals surface area contributed by atoms with Crippen molar-refractivity contribution in [2.24, 2.45) is 0 Å². The van der Waals surface area contributed by atoms with Crippen LogP contribution in [-0.4, -0.2) is 47.8 Å². The van der Waals surface area contributed by atoms with Crippen LogP contribution < -0.4 is 10.1 Å². The molecule has 2 atom stereocenters. The summed E-state index contributed by atoms with van der Waals surface area (Å²) in [6, 6.07) is 5.40. The third-order valence-corrected chi connectivity index (χ3v) is 5.26. The van der Waals surface area contributed by atoms with Gasteiger partial charge in [0.15, 0.2) is 6.29 Å². The number of fused-ring (bicyclic) bond motifs is 2. The number of ether oxygens (including phenoxy) is 3. The van der Waals surface area contributed by atoms with Crippen molar-refractivity contribution in [3.05, 3.63) is 34.5 Å². The summed E-state index contributed by atoms with van der Waals surface area (Å²) < 4.78 is 17.4. The van der Waals surface area contributed by atoms with Gasteiger partial charge in [0.1, 0.15) is 22.6 Å². The Morgan fingerprint density at radius 1 is 1.25 bits per heavy atom. The molecule has 0 saturated carbocycles. The van der Waals surface area contributed by atoms with Crippen LogP contribution in [0.2, 0.25) is 5.15 Å². The second-order valence-electron chi connectivity index (χ2n) is 7.55. The van der Waals surface area contributed by atoms with Crippen molar-refractivity contribution >= 4 is 22.5 Å². The lowest BCUT2D eigenvalue weighted by Crippen LogP contribution is -2.53. The molecule has 1 aromatic carbocycles. The molecule has 0 aliphatic carbocycles. The van der Waals surface area contributed by atoms with Gasteiger partial charge in [-0.05, 0) is 58.4 Å². The maximum atomic E-state index is 11.0. The molecule has 2 aromatic rings. The minimum Gasteiger partial charge on any atom is -0.485 e. The minimum absolute atomic E-state index is 0.354. The van der Waals surface area contributed by atoms with Gasteiger partial charge in [-0.1, -0.05) is 11.6 Å². The summed E-state index contributed by atoms with van der Waals surface area (Å²) in [7, 11) is 0. The van der Waals surface area contributed by atoms with Crippen molar-refractivity contribution in [1.82, 2.24) is 10.3 Å². The number of aryl methyl sites for hydroxylation is 1. The van der Waals surface area contributed by atoms with Crippen LogP contribution in [0.25, 0.3) is 10.9 Å². The van der Waals surface area contributed by atoms with Gasteiger partial charge in [0.05, 0.1) is 11.6 Å². The van der Waals surface area contributed by atoms with E-state index in [9.17, 15) is 5.11 Å². The number of aliphatic hydroxyl groups excluding tert-OH is 1. The molecule has 0 radical (unpaired) electrons. The Bertz CT molecular complexity index is 837. The molecule has 2 unspecified atom stereocenters. The Kier molecular flexibility index (Phi) is 6.47. The molecule has 154 valence electrons. The van der Waals surface area contributed by atoms with Crippen molar-refractivity contribution in [2.75, 3.05) is 19.8 Å². The summed E-state index contributed by atoms with van der Waals surface area (Å²) in [5.74, 6) is 0.733. The molecule has 28 heavy (non-hydrogen) atoms. The molecule has 0 saturated heterocycles. The summed E-state index contributed by atoms with van der Waals surface area (Å²) in [4.78, 5) is 4.45. The third-order valence-electron chi connectivity index (χ3n) is 5.06. The van der Waals surface area contributed by atoms with Gasteiger partial charge in [0.2, 0.25) is 0 Å². The summed E-state index contributed by atoms with van der Waals surface area (Å²) in [6.07, 6.45) is -1.14. The molecule has 1 aliphatic rings. The number of hydrogen-bond acceptors (Lipinski definition) is 6. The van der Waals surface area contributed by atoms with E-state index in [1.54, 1.807) is 0 Å². The first-order chi connectivity index (χ1) is 13.3. The lowest BCUT2D eigenvalue weighted by Gasteiger charge is -2.43. The topological polar surface area (TPSA) is 72.8 Å². The maximum Gasteiger partial charge on any atom is 0.169 e.